The summed E-state index contributed by atoms with van der Waals surface area (Å²) in [5.41, 5.74) is 1.76. The second-order valence-electron chi connectivity index (χ2n) is 7.35. The number of ether oxygens (including phenoxy) is 2. The van der Waals surface area contributed by atoms with E-state index in [-0.39, 0.29) is 23.2 Å². The SMILES string of the molecule is COc1cc(C=C2SC(=S)N(c3ccc(F)c(Cl)c3)C2=O)c(Br)cc1OCc1ccc([N+](=O)[O-])cc1. The number of halogens is 3. The smallest absolute Gasteiger partial charge is 0.270 e. The number of hydrogen-bond acceptors (Lipinski definition) is 7. The minimum absolute atomic E-state index is 0.00336. The highest BCUT2D eigenvalue weighted by Gasteiger charge is 2.34. The van der Waals surface area contributed by atoms with Gasteiger partial charge in [-0.3, -0.25) is 19.8 Å². The number of thioether (sulfide) groups is 1. The van der Waals surface area contributed by atoms with Crippen molar-refractivity contribution in [2.45, 2.75) is 6.61 Å². The molecule has 0 bridgehead atoms. The van der Waals surface area contributed by atoms with Crippen LogP contribution in [-0.2, 0) is 11.4 Å². The summed E-state index contributed by atoms with van der Waals surface area (Å²) in [7, 11) is 1.49. The summed E-state index contributed by atoms with van der Waals surface area (Å²) in [6.07, 6.45) is 1.66. The highest BCUT2D eigenvalue weighted by atomic mass is 79.9. The van der Waals surface area contributed by atoms with Gasteiger partial charge in [-0.15, -0.1) is 0 Å². The lowest BCUT2D eigenvalue weighted by Gasteiger charge is -2.15. The molecule has 36 heavy (non-hydrogen) atoms. The number of nitro groups is 1. The Kier molecular flexibility index (Phi) is 7.94. The van der Waals surface area contributed by atoms with Crippen LogP contribution in [-0.4, -0.2) is 22.3 Å². The monoisotopic (exact) mass is 608 g/mol. The normalized spacial score (nSPS) is 14.4. The first-order valence-corrected chi connectivity index (χ1v) is 12.5. The van der Waals surface area contributed by atoms with Gasteiger partial charge in [0.15, 0.2) is 15.8 Å². The molecule has 0 aromatic heterocycles. The number of amides is 1. The third kappa shape index (κ3) is 5.54. The molecule has 3 aromatic rings. The maximum atomic E-state index is 13.6. The van der Waals surface area contributed by atoms with E-state index in [1.807, 2.05) is 0 Å². The number of carbonyl (C=O) groups excluding carboxylic acids is 1. The maximum absolute atomic E-state index is 13.6. The van der Waals surface area contributed by atoms with Crippen LogP contribution in [0.4, 0.5) is 15.8 Å². The number of anilines is 1. The average Bonchev–Trinajstić information content (AvgIpc) is 3.13. The van der Waals surface area contributed by atoms with Gasteiger partial charge < -0.3 is 9.47 Å². The van der Waals surface area contributed by atoms with Crippen LogP contribution >= 0.6 is 51.5 Å². The summed E-state index contributed by atoms with van der Waals surface area (Å²) in [5, 5.41) is 10.7. The zero-order valence-corrected chi connectivity index (χ0v) is 22.3. The lowest BCUT2D eigenvalue weighted by Crippen LogP contribution is -2.27. The molecule has 1 fully saturated rings. The Morgan fingerprint density at radius 2 is 1.92 bits per heavy atom. The molecule has 1 saturated heterocycles. The molecule has 4 rings (SSSR count). The van der Waals surface area contributed by atoms with Crippen molar-refractivity contribution in [3.05, 3.63) is 96.1 Å². The fourth-order valence-electron chi connectivity index (χ4n) is 3.26. The van der Waals surface area contributed by atoms with Gasteiger partial charge in [-0.2, -0.15) is 0 Å². The lowest BCUT2D eigenvalue weighted by molar-refractivity contribution is -0.384. The molecule has 12 heteroatoms. The zero-order valence-electron chi connectivity index (χ0n) is 18.4. The minimum atomic E-state index is -0.590. The summed E-state index contributed by atoms with van der Waals surface area (Å²) in [5.74, 6) is -0.0918. The summed E-state index contributed by atoms with van der Waals surface area (Å²) >= 11 is 15.9. The van der Waals surface area contributed by atoms with Gasteiger partial charge >= 0.3 is 0 Å². The molecule has 0 unspecified atom stereocenters. The molecule has 1 aliphatic rings. The Bertz CT molecular complexity index is 1420. The summed E-state index contributed by atoms with van der Waals surface area (Å²) < 4.78 is 25.8. The van der Waals surface area contributed by atoms with E-state index in [0.29, 0.717) is 36.4 Å². The number of benzene rings is 3. The topological polar surface area (TPSA) is 81.9 Å². The standard InChI is InChI=1S/C24H15BrClFN2O5S2/c1-33-20-8-14(17(25)11-21(20)34-12-13-2-4-15(5-3-13)29(31)32)9-22-23(30)28(24(35)36-22)16-6-7-19(27)18(26)10-16/h2-11H,12H2,1H3. The van der Waals surface area contributed by atoms with Gasteiger partial charge in [0.1, 0.15) is 12.4 Å². The van der Waals surface area contributed by atoms with Crippen molar-refractivity contribution in [1.29, 1.82) is 0 Å². The number of rotatable bonds is 7. The van der Waals surface area contributed by atoms with Crippen LogP contribution in [0.1, 0.15) is 11.1 Å². The second kappa shape index (κ2) is 11.0. The fraction of sp³-hybridized carbons (Fsp3) is 0.0833. The van der Waals surface area contributed by atoms with Gasteiger partial charge in [0, 0.05) is 16.6 Å². The van der Waals surface area contributed by atoms with Gasteiger partial charge in [-0.25, -0.2) is 4.39 Å². The van der Waals surface area contributed by atoms with Crippen LogP contribution in [0.15, 0.2) is 64.0 Å². The quantitative estimate of drug-likeness (QED) is 0.122. The average molecular weight is 610 g/mol. The molecule has 3 aromatic carbocycles. The van der Waals surface area contributed by atoms with E-state index in [4.69, 9.17) is 33.3 Å². The van der Waals surface area contributed by atoms with Crippen molar-refractivity contribution < 1.29 is 23.6 Å². The summed E-state index contributed by atoms with van der Waals surface area (Å²) in [4.78, 5) is 25.1. The Morgan fingerprint density at radius 1 is 1.19 bits per heavy atom. The number of methoxy groups -OCH3 is 1. The molecule has 1 heterocycles. The highest BCUT2D eigenvalue weighted by molar-refractivity contribution is 9.10. The van der Waals surface area contributed by atoms with Crippen LogP contribution in [0.2, 0.25) is 5.02 Å². The minimum Gasteiger partial charge on any atom is -0.493 e. The molecule has 184 valence electrons. The van der Waals surface area contributed by atoms with Crippen LogP contribution in [0.3, 0.4) is 0 Å². The summed E-state index contributed by atoms with van der Waals surface area (Å²) in [6, 6.07) is 13.4. The molecule has 0 saturated carbocycles. The largest absolute Gasteiger partial charge is 0.493 e. The van der Waals surface area contributed by atoms with Crippen LogP contribution in [0.5, 0.6) is 11.5 Å². The Morgan fingerprint density at radius 3 is 2.56 bits per heavy atom. The van der Waals surface area contributed by atoms with E-state index >= 15 is 0 Å². The van der Waals surface area contributed by atoms with E-state index in [1.165, 1.54) is 42.3 Å². The Balaban J connectivity index is 1.55. The molecule has 0 radical (unpaired) electrons. The number of carbonyl (C=O) groups is 1. The van der Waals surface area contributed by atoms with Crippen LogP contribution < -0.4 is 14.4 Å². The number of hydrogen-bond donors (Lipinski definition) is 0. The molecular weight excluding hydrogens is 595 g/mol. The van der Waals surface area contributed by atoms with E-state index in [0.717, 1.165) is 17.3 Å². The maximum Gasteiger partial charge on any atom is 0.270 e. The molecule has 1 aliphatic heterocycles. The number of thiocarbonyl (C=S) groups is 1. The van der Waals surface area contributed by atoms with Crippen molar-refractivity contribution in [2.75, 3.05) is 12.0 Å². The van der Waals surface area contributed by atoms with Crippen molar-refractivity contribution in [3.8, 4) is 11.5 Å². The predicted octanol–water partition coefficient (Wildman–Crippen LogP) is 7.14. The van der Waals surface area contributed by atoms with Gasteiger partial charge in [0.05, 0.1) is 27.6 Å². The van der Waals surface area contributed by atoms with Crippen molar-refractivity contribution in [3.63, 3.8) is 0 Å². The van der Waals surface area contributed by atoms with Gasteiger partial charge in [-0.05, 0) is 59.7 Å². The lowest BCUT2D eigenvalue weighted by atomic mass is 10.1. The van der Waals surface area contributed by atoms with Crippen molar-refractivity contribution >= 4 is 79.2 Å². The van der Waals surface area contributed by atoms with Gasteiger partial charge in [0.2, 0.25) is 0 Å². The van der Waals surface area contributed by atoms with E-state index in [9.17, 15) is 19.3 Å². The van der Waals surface area contributed by atoms with Crippen LogP contribution in [0.25, 0.3) is 6.08 Å². The molecule has 0 spiro atoms. The predicted molar refractivity (Wildman–Crippen MR) is 145 cm³/mol. The third-order valence-electron chi connectivity index (χ3n) is 5.07. The molecule has 0 atom stereocenters. The zero-order chi connectivity index (χ0) is 26.0. The van der Waals surface area contributed by atoms with Crippen molar-refractivity contribution in [1.82, 2.24) is 0 Å². The highest BCUT2D eigenvalue weighted by Crippen LogP contribution is 2.40. The summed E-state index contributed by atoms with van der Waals surface area (Å²) in [6.45, 7) is 0.166. The van der Waals surface area contributed by atoms with E-state index in [2.05, 4.69) is 15.9 Å². The first kappa shape index (κ1) is 26.1. The number of non-ortho nitro benzene ring substituents is 1. The molecular formula is C24H15BrClFN2O5S2. The Hall–Kier alpha value is -2.99. The Labute approximate surface area is 228 Å². The molecule has 0 aliphatic carbocycles. The van der Waals surface area contributed by atoms with Crippen LogP contribution in [0, 0.1) is 15.9 Å². The molecule has 0 N–H and O–H groups in total. The first-order chi connectivity index (χ1) is 17.2. The number of nitrogens with zero attached hydrogens (tertiary/aromatic N) is 2. The van der Waals surface area contributed by atoms with Gasteiger partial charge in [0.25, 0.3) is 11.6 Å². The van der Waals surface area contributed by atoms with E-state index in [1.54, 1.807) is 30.3 Å². The number of nitro benzene ring substituents is 1. The first-order valence-electron chi connectivity index (χ1n) is 10.1. The fourth-order valence-corrected chi connectivity index (χ4v) is 5.17. The second-order valence-corrected chi connectivity index (χ2v) is 10.3. The van der Waals surface area contributed by atoms with Gasteiger partial charge in [-0.1, -0.05) is 51.5 Å². The third-order valence-corrected chi connectivity index (χ3v) is 7.34. The van der Waals surface area contributed by atoms with Crippen molar-refractivity contribution in [2.24, 2.45) is 0 Å². The molecule has 7 nitrogen and oxygen atoms in total. The van der Waals surface area contributed by atoms with E-state index < -0.39 is 10.7 Å². The molecule has 1 amide bonds.